The van der Waals surface area contributed by atoms with Crippen molar-refractivity contribution in [1.82, 2.24) is 4.98 Å². The van der Waals surface area contributed by atoms with E-state index < -0.39 is 0 Å². The minimum atomic E-state index is 0.535. The molecule has 2 rings (SSSR count). The quantitative estimate of drug-likeness (QED) is 0.794. The number of hydrogen-bond acceptors (Lipinski definition) is 2. The third-order valence-electron chi connectivity index (χ3n) is 2.22. The van der Waals surface area contributed by atoms with Crippen molar-refractivity contribution in [3.63, 3.8) is 0 Å². The van der Waals surface area contributed by atoms with Crippen LogP contribution >= 0.6 is 12.2 Å². The van der Waals surface area contributed by atoms with Gasteiger partial charge in [-0.2, -0.15) is 0 Å². The van der Waals surface area contributed by atoms with E-state index in [1.165, 1.54) is 5.56 Å². The van der Waals surface area contributed by atoms with Crippen molar-refractivity contribution in [3.8, 4) is 0 Å². The molecular formula is C13H13N3S. The molecule has 0 unspecified atom stereocenters. The number of nitrogens with one attached hydrogen (secondary N) is 2. The average molecular weight is 243 g/mol. The van der Waals surface area contributed by atoms with Gasteiger partial charge in [0.2, 0.25) is 0 Å². The zero-order chi connectivity index (χ0) is 12.1. The average Bonchev–Trinajstić information content (AvgIpc) is 2.33. The Labute approximate surface area is 106 Å². The monoisotopic (exact) mass is 243 g/mol. The summed E-state index contributed by atoms with van der Waals surface area (Å²) in [6, 6.07) is 13.7. The number of aryl methyl sites for hydroxylation is 1. The number of hydrogen-bond donors (Lipinski definition) is 2. The molecular weight excluding hydrogens is 230 g/mol. The van der Waals surface area contributed by atoms with Crippen LogP contribution in [0, 0.1) is 6.92 Å². The number of pyridine rings is 1. The lowest BCUT2D eigenvalue weighted by Gasteiger charge is -2.09. The summed E-state index contributed by atoms with van der Waals surface area (Å²) in [6.07, 6.45) is 1.72. The van der Waals surface area contributed by atoms with E-state index in [-0.39, 0.29) is 0 Å². The van der Waals surface area contributed by atoms with Crippen molar-refractivity contribution in [2.24, 2.45) is 0 Å². The van der Waals surface area contributed by atoms with E-state index in [2.05, 4.69) is 15.6 Å². The molecule has 0 bridgehead atoms. The highest BCUT2D eigenvalue weighted by molar-refractivity contribution is 7.80. The molecule has 2 N–H and O–H groups in total. The first-order chi connectivity index (χ1) is 8.24. The van der Waals surface area contributed by atoms with Gasteiger partial charge in [-0.15, -0.1) is 0 Å². The highest BCUT2D eigenvalue weighted by Gasteiger charge is 1.98. The highest BCUT2D eigenvalue weighted by atomic mass is 32.1. The summed E-state index contributed by atoms with van der Waals surface area (Å²) >= 11 is 5.19. The van der Waals surface area contributed by atoms with Crippen LogP contribution in [0.15, 0.2) is 48.7 Å². The maximum Gasteiger partial charge on any atom is 0.176 e. The molecule has 0 spiro atoms. The second-order valence-electron chi connectivity index (χ2n) is 3.66. The predicted molar refractivity (Wildman–Crippen MR) is 75.3 cm³/mol. The Morgan fingerprint density at radius 2 is 1.82 bits per heavy atom. The molecule has 0 saturated carbocycles. The van der Waals surface area contributed by atoms with E-state index in [4.69, 9.17) is 12.2 Å². The number of anilines is 2. The van der Waals surface area contributed by atoms with Gasteiger partial charge in [-0.1, -0.05) is 23.8 Å². The smallest absolute Gasteiger partial charge is 0.176 e. The molecule has 1 heterocycles. The third-order valence-corrected chi connectivity index (χ3v) is 2.42. The Kier molecular flexibility index (Phi) is 3.67. The van der Waals surface area contributed by atoms with Gasteiger partial charge in [-0.3, -0.25) is 0 Å². The van der Waals surface area contributed by atoms with Gasteiger partial charge in [0.05, 0.1) is 0 Å². The number of rotatable bonds is 2. The standard InChI is InChI=1S/C13H13N3S/c1-10-5-7-11(8-6-10)15-13(17)16-12-4-2-3-9-14-12/h2-9H,1H3,(H2,14,15,16,17). The largest absolute Gasteiger partial charge is 0.332 e. The molecule has 0 aliphatic rings. The normalized spacial score (nSPS) is 9.71. The van der Waals surface area contributed by atoms with Crippen LogP contribution in [0.25, 0.3) is 0 Å². The van der Waals surface area contributed by atoms with Crippen LogP contribution in [0.4, 0.5) is 11.5 Å². The number of aromatic nitrogens is 1. The van der Waals surface area contributed by atoms with Gasteiger partial charge >= 0.3 is 0 Å². The molecule has 17 heavy (non-hydrogen) atoms. The number of thiocarbonyl (C=S) groups is 1. The van der Waals surface area contributed by atoms with Gasteiger partial charge in [-0.05, 0) is 43.4 Å². The van der Waals surface area contributed by atoms with Crippen LogP contribution in [0.3, 0.4) is 0 Å². The maximum atomic E-state index is 5.19. The first-order valence-electron chi connectivity index (χ1n) is 5.30. The summed E-state index contributed by atoms with van der Waals surface area (Å²) in [5, 5.41) is 6.65. The van der Waals surface area contributed by atoms with Crippen LogP contribution < -0.4 is 10.6 Å². The van der Waals surface area contributed by atoms with Crippen molar-refractivity contribution in [2.75, 3.05) is 10.6 Å². The fraction of sp³-hybridized carbons (Fsp3) is 0.0769. The van der Waals surface area contributed by atoms with E-state index in [0.29, 0.717) is 5.11 Å². The molecule has 0 fully saturated rings. The van der Waals surface area contributed by atoms with E-state index in [9.17, 15) is 0 Å². The molecule has 1 aromatic carbocycles. The fourth-order valence-corrected chi connectivity index (χ4v) is 1.57. The summed E-state index contributed by atoms with van der Waals surface area (Å²) in [7, 11) is 0. The highest BCUT2D eigenvalue weighted by Crippen LogP contribution is 2.09. The molecule has 86 valence electrons. The van der Waals surface area contributed by atoms with Crippen molar-refractivity contribution in [1.29, 1.82) is 0 Å². The molecule has 4 heteroatoms. The summed E-state index contributed by atoms with van der Waals surface area (Å²) < 4.78 is 0. The molecule has 2 aromatic rings. The Hall–Kier alpha value is -1.94. The van der Waals surface area contributed by atoms with Crippen molar-refractivity contribution in [3.05, 3.63) is 54.2 Å². The van der Waals surface area contributed by atoms with E-state index in [1.807, 2.05) is 49.4 Å². The summed E-state index contributed by atoms with van der Waals surface area (Å²) in [5.41, 5.74) is 2.18. The van der Waals surface area contributed by atoms with Crippen LogP contribution in [0.2, 0.25) is 0 Å². The van der Waals surface area contributed by atoms with Gasteiger partial charge in [0.1, 0.15) is 5.82 Å². The third kappa shape index (κ3) is 3.53. The molecule has 0 atom stereocenters. The van der Waals surface area contributed by atoms with Crippen LogP contribution in [0.1, 0.15) is 5.56 Å². The van der Waals surface area contributed by atoms with Gasteiger partial charge in [0.15, 0.2) is 5.11 Å². The van der Waals surface area contributed by atoms with E-state index >= 15 is 0 Å². The maximum absolute atomic E-state index is 5.19. The van der Waals surface area contributed by atoms with Crippen molar-refractivity contribution < 1.29 is 0 Å². The lowest BCUT2D eigenvalue weighted by atomic mass is 10.2. The topological polar surface area (TPSA) is 37.0 Å². The SMILES string of the molecule is Cc1ccc(NC(=S)Nc2ccccn2)cc1. The molecule has 1 aromatic heterocycles. The summed E-state index contributed by atoms with van der Waals surface area (Å²) in [6.45, 7) is 2.05. The minimum Gasteiger partial charge on any atom is -0.332 e. The number of benzene rings is 1. The molecule has 0 aliphatic carbocycles. The first kappa shape index (κ1) is 11.5. The van der Waals surface area contributed by atoms with Crippen molar-refractivity contribution >= 4 is 28.8 Å². The Morgan fingerprint density at radius 3 is 2.47 bits per heavy atom. The molecule has 0 aliphatic heterocycles. The Balaban J connectivity index is 1.96. The Bertz CT molecular complexity index is 494. The lowest BCUT2D eigenvalue weighted by molar-refractivity contribution is 1.32. The number of nitrogens with zero attached hydrogens (tertiary/aromatic N) is 1. The van der Waals surface area contributed by atoms with Crippen LogP contribution in [0.5, 0.6) is 0 Å². The second kappa shape index (κ2) is 5.41. The molecule has 3 nitrogen and oxygen atoms in total. The van der Waals surface area contributed by atoms with Gasteiger partial charge in [0, 0.05) is 11.9 Å². The molecule has 0 radical (unpaired) electrons. The second-order valence-corrected chi connectivity index (χ2v) is 4.07. The first-order valence-corrected chi connectivity index (χ1v) is 5.70. The van der Waals surface area contributed by atoms with Crippen LogP contribution in [-0.4, -0.2) is 10.1 Å². The summed E-state index contributed by atoms with van der Waals surface area (Å²) in [4.78, 5) is 4.14. The van der Waals surface area contributed by atoms with Gasteiger partial charge < -0.3 is 10.6 Å². The molecule has 0 saturated heterocycles. The predicted octanol–water partition coefficient (Wildman–Crippen LogP) is 3.20. The lowest BCUT2D eigenvalue weighted by Crippen LogP contribution is -2.19. The van der Waals surface area contributed by atoms with E-state index in [1.54, 1.807) is 6.20 Å². The van der Waals surface area contributed by atoms with Gasteiger partial charge in [0.25, 0.3) is 0 Å². The Morgan fingerprint density at radius 1 is 1.06 bits per heavy atom. The van der Waals surface area contributed by atoms with Gasteiger partial charge in [-0.25, -0.2) is 4.98 Å². The zero-order valence-electron chi connectivity index (χ0n) is 9.47. The van der Waals surface area contributed by atoms with Crippen molar-refractivity contribution in [2.45, 2.75) is 6.92 Å². The van der Waals surface area contributed by atoms with E-state index in [0.717, 1.165) is 11.5 Å². The molecule has 0 amide bonds. The fourth-order valence-electron chi connectivity index (χ4n) is 1.35. The minimum absolute atomic E-state index is 0.535. The van der Waals surface area contributed by atoms with Crippen LogP contribution in [-0.2, 0) is 0 Å². The summed E-state index contributed by atoms with van der Waals surface area (Å²) in [5.74, 6) is 0.733. The zero-order valence-corrected chi connectivity index (χ0v) is 10.3.